The van der Waals surface area contributed by atoms with E-state index >= 15 is 0 Å². The number of rotatable bonds is 4. The maximum atomic E-state index is 11.2. The van der Waals surface area contributed by atoms with Gasteiger partial charge in [0, 0.05) is 12.1 Å². The highest BCUT2D eigenvalue weighted by atomic mass is 32.2. The summed E-state index contributed by atoms with van der Waals surface area (Å²) in [6, 6.07) is 5.39. The van der Waals surface area contributed by atoms with E-state index in [-0.39, 0.29) is 17.2 Å². The standard InChI is InChI=1S/C9H11NO4S2/c11-9(4-5-15)10-7-2-1-3-8(6-7)16(12,13)14/h1-3,6,15H,4-5H2,(H,10,11)(H,12,13,14). The number of amides is 1. The molecule has 0 saturated heterocycles. The van der Waals surface area contributed by atoms with E-state index in [1.807, 2.05) is 0 Å². The second-order valence-corrected chi connectivity index (χ2v) is 4.89. The maximum absolute atomic E-state index is 11.2. The van der Waals surface area contributed by atoms with E-state index in [9.17, 15) is 13.2 Å². The summed E-state index contributed by atoms with van der Waals surface area (Å²) >= 11 is 3.90. The van der Waals surface area contributed by atoms with Crippen LogP contribution in [0.1, 0.15) is 6.42 Å². The van der Waals surface area contributed by atoms with Crippen molar-refractivity contribution in [2.45, 2.75) is 11.3 Å². The van der Waals surface area contributed by atoms with Gasteiger partial charge >= 0.3 is 0 Å². The molecule has 7 heteroatoms. The predicted molar refractivity (Wildman–Crippen MR) is 63.4 cm³/mol. The fourth-order valence-corrected chi connectivity index (χ4v) is 1.79. The minimum absolute atomic E-state index is 0.235. The highest BCUT2D eigenvalue weighted by Gasteiger charge is 2.10. The highest BCUT2D eigenvalue weighted by Crippen LogP contribution is 2.15. The van der Waals surface area contributed by atoms with Crippen LogP contribution in [0, 0.1) is 0 Å². The molecule has 2 N–H and O–H groups in total. The fraction of sp³-hybridized carbons (Fsp3) is 0.222. The van der Waals surface area contributed by atoms with Gasteiger partial charge < -0.3 is 5.32 Å². The lowest BCUT2D eigenvalue weighted by atomic mass is 10.3. The minimum atomic E-state index is -4.24. The van der Waals surface area contributed by atoms with Crippen LogP contribution < -0.4 is 5.32 Å². The van der Waals surface area contributed by atoms with Crippen molar-refractivity contribution in [2.24, 2.45) is 0 Å². The lowest BCUT2D eigenvalue weighted by molar-refractivity contribution is -0.115. The second kappa shape index (κ2) is 5.33. The van der Waals surface area contributed by atoms with Crippen molar-refractivity contribution < 1.29 is 17.8 Å². The predicted octanol–water partition coefficient (Wildman–Crippen LogP) is 1.19. The molecule has 88 valence electrons. The molecule has 0 unspecified atom stereocenters. The largest absolute Gasteiger partial charge is 0.326 e. The van der Waals surface area contributed by atoms with Crippen LogP contribution >= 0.6 is 12.6 Å². The van der Waals surface area contributed by atoms with E-state index in [4.69, 9.17) is 4.55 Å². The van der Waals surface area contributed by atoms with Crippen LogP contribution in [0.5, 0.6) is 0 Å². The van der Waals surface area contributed by atoms with Gasteiger partial charge in [0.1, 0.15) is 0 Å². The Balaban J connectivity index is 2.88. The lowest BCUT2D eigenvalue weighted by Gasteiger charge is -2.05. The molecule has 16 heavy (non-hydrogen) atoms. The van der Waals surface area contributed by atoms with Crippen molar-refractivity contribution in [3.63, 3.8) is 0 Å². The van der Waals surface area contributed by atoms with Crippen molar-refractivity contribution in [1.82, 2.24) is 0 Å². The van der Waals surface area contributed by atoms with Crippen molar-refractivity contribution in [3.8, 4) is 0 Å². The number of hydrogen-bond acceptors (Lipinski definition) is 4. The van der Waals surface area contributed by atoms with E-state index in [2.05, 4.69) is 17.9 Å². The number of thiol groups is 1. The topological polar surface area (TPSA) is 83.5 Å². The summed E-state index contributed by atoms with van der Waals surface area (Å²) in [7, 11) is -4.24. The number of benzene rings is 1. The molecule has 1 aromatic rings. The van der Waals surface area contributed by atoms with Gasteiger partial charge in [-0.15, -0.1) is 0 Å². The van der Waals surface area contributed by atoms with E-state index in [0.717, 1.165) is 0 Å². The summed E-state index contributed by atoms with van der Waals surface area (Å²) in [5, 5.41) is 2.49. The van der Waals surface area contributed by atoms with Gasteiger partial charge in [0.15, 0.2) is 0 Å². The molecule has 5 nitrogen and oxygen atoms in total. The molecular weight excluding hydrogens is 250 g/mol. The van der Waals surface area contributed by atoms with Crippen LogP contribution in [0.15, 0.2) is 29.2 Å². The first-order valence-corrected chi connectivity index (χ1v) is 6.49. The highest BCUT2D eigenvalue weighted by molar-refractivity contribution is 7.85. The Bertz CT molecular complexity index is 484. The summed E-state index contributed by atoms with van der Waals surface area (Å²) in [6.07, 6.45) is 0.235. The van der Waals surface area contributed by atoms with Gasteiger partial charge in [-0.05, 0) is 24.0 Å². The quantitative estimate of drug-likeness (QED) is 0.561. The van der Waals surface area contributed by atoms with Crippen molar-refractivity contribution in [3.05, 3.63) is 24.3 Å². The van der Waals surface area contributed by atoms with Crippen LogP contribution in [0.4, 0.5) is 5.69 Å². The van der Waals surface area contributed by atoms with E-state index in [1.54, 1.807) is 0 Å². The molecule has 1 rings (SSSR count). The van der Waals surface area contributed by atoms with Crippen molar-refractivity contribution in [2.75, 3.05) is 11.1 Å². The van der Waals surface area contributed by atoms with Crippen LogP contribution in [-0.2, 0) is 14.9 Å². The number of carbonyl (C=O) groups excluding carboxylic acids is 1. The summed E-state index contributed by atoms with van der Waals surface area (Å²) in [5.74, 6) is 0.145. The number of hydrogen-bond donors (Lipinski definition) is 3. The lowest BCUT2D eigenvalue weighted by Crippen LogP contribution is -2.12. The normalized spacial score (nSPS) is 11.1. The Labute approximate surface area is 99.0 Å². The first-order chi connectivity index (χ1) is 7.43. The molecular formula is C9H11NO4S2. The molecule has 1 amide bonds. The van der Waals surface area contributed by atoms with Crippen LogP contribution in [0.2, 0.25) is 0 Å². The molecule has 0 atom stereocenters. The van der Waals surface area contributed by atoms with Crippen LogP contribution in [0.3, 0.4) is 0 Å². The molecule has 0 aromatic heterocycles. The van der Waals surface area contributed by atoms with Gasteiger partial charge in [-0.25, -0.2) is 0 Å². The zero-order valence-corrected chi connectivity index (χ0v) is 9.96. The fourth-order valence-electron chi connectivity index (χ4n) is 1.06. The number of anilines is 1. The zero-order valence-electron chi connectivity index (χ0n) is 8.25. The average molecular weight is 261 g/mol. The molecule has 0 saturated carbocycles. The summed E-state index contributed by atoms with van der Waals surface area (Å²) in [4.78, 5) is 10.9. The average Bonchev–Trinajstić information content (AvgIpc) is 2.17. The van der Waals surface area contributed by atoms with E-state index in [0.29, 0.717) is 11.4 Å². The van der Waals surface area contributed by atoms with Crippen LogP contribution in [-0.4, -0.2) is 24.6 Å². The number of nitrogens with one attached hydrogen (secondary N) is 1. The van der Waals surface area contributed by atoms with Gasteiger partial charge in [-0.1, -0.05) is 6.07 Å². The van der Waals surface area contributed by atoms with Crippen LogP contribution in [0.25, 0.3) is 0 Å². The molecule has 0 bridgehead atoms. The monoisotopic (exact) mass is 261 g/mol. The Hall–Kier alpha value is -1.05. The third-order valence-electron chi connectivity index (χ3n) is 1.75. The second-order valence-electron chi connectivity index (χ2n) is 3.02. The zero-order chi connectivity index (χ0) is 12.2. The third-order valence-corrected chi connectivity index (χ3v) is 2.83. The molecule has 0 aliphatic carbocycles. The van der Waals surface area contributed by atoms with Gasteiger partial charge in [-0.2, -0.15) is 21.0 Å². The molecule has 0 aliphatic heterocycles. The summed E-state index contributed by atoms with van der Waals surface area (Å²) in [5.41, 5.74) is 0.321. The first kappa shape index (κ1) is 13.0. The van der Waals surface area contributed by atoms with E-state index in [1.165, 1.54) is 24.3 Å². The molecule has 0 heterocycles. The van der Waals surface area contributed by atoms with Crippen molar-refractivity contribution >= 4 is 34.3 Å². The Morgan fingerprint density at radius 2 is 2.12 bits per heavy atom. The third kappa shape index (κ3) is 3.84. The molecule has 0 aliphatic rings. The van der Waals surface area contributed by atoms with E-state index < -0.39 is 10.1 Å². The molecule has 0 radical (unpaired) electrons. The summed E-state index contributed by atoms with van der Waals surface area (Å²) < 4.78 is 30.5. The van der Waals surface area contributed by atoms with Crippen molar-refractivity contribution in [1.29, 1.82) is 0 Å². The molecule has 1 aromatic carbocycles. The van der Waals surface area contributed by atoms with Gasteiger partial charge in [0.2, 0.25) is 5.91 Å². The first-order valence-electron chi connectivity index (χ1n) is 4.42. The van der Waals surface area contributed by atoms with Gasteiger partial charge in [0.05, 0.1) is 4.90 Å². The Morgan fingerprint density at radius 3 is 2.69 bits per heavy atom. The molecule has 0 spiro atoms. The number of carbonyl (C=O) groups is 1. The Morgan fingerprint density at radius 1 is 1.44 bits per heavy atom. The summed E-state index contributed by atoms with van der Waals surface area (Å²) in [6.45, 7) is 0. The van der Waals surface area contributed by atoms with Gasteiger partial charge in [0.25, 0.3) is 10.1 Å². The molecule has 0 fully saturated rings. The smallest absolute Gasteiger partial charge is 0.294 e. The minimum Gasteiger partial charge on any atom is -0.326 e. The Kier molecular flexibility index (Phi) is 4.34. The maximum Gasteiger partial charge on any atom is 0.294 e. The SMILES string of the molecule is O=C(CCS)Nc1cccc(S(=O)(=O)O)c1. The van der Waals surface area contributed by atoms with Gasteiger partial charge in [-0.3, -0.25) is 9.35 Å².